The topological polar surface area (TPSA) is 182 Å². The maximum absolute atomic E-state index is 13.0. The van der Waals surface area contributed by atoms with Crippen LogP contribution in [-0.2, 0) is 32.0 Å². The number of aliphatic carboxylic acids is 1. The number of carboxylic acid groups (broad SMARTS) is 1. The third-order valence-electron chi connectivity index (χ3n) is 6.30. The smallest absolute Gasteiger partial charge is 0.326 e. The van der Waals surface area contributed by atoms with Gasteiger partial charge in [-0.15, -0.1) is 0 Å². The molecule has 0 fully saturated rings. The van der Waals surface area contributed by atoms with E-state index in [2.05, 4.69) is 25.9 Å². The van der Waals surface area contributed by atoms with Crippen LogP contribution in [0.3, 0.4) is 0 Å². The van der Waals surface area contributed by atoms with E-state index in [4.69, 9.17) is 5.73 Å². The molecule has 0 spiro atoms. The van der Waals surface area contributed by atoms with Crippen LogP contribution in [-0.4, -0.2) is 63.4 Å². The van der Waals surface area contributed by atoms with Crippen molar-refractivity contribution in [1.29, 1.82) is 0 Å². The van der Waals surface area contributed by atoms with Crippen LogP contribution in [0.5, 0.6) is 0 Å². The molecular formula is C27H30N6O5. The van der Waals surface area contributed by atoms with Gasteiger partial charge in [0.2, 0.25) is 17.7 Å². The summed E-state index contributed by atoms with van der Waals surface area (Å²) in [5.74, 6) is -2.98. The van der Waals surface area contributed by atoms with Gasteiger partial charge in [0.1, 0.15) is 12.1 Å². The van der Waals surface area contributed by atoms with E-state index >= 15 is 0 Å². The molecular weight excluding hydrogens is 488 g/mol. The number of carbonyl (C=O) groups is 4. The lowest BCUT2D eigenvalue weighted by atomic mass is 10.0. The van der Waals surface area contributed by atoms with Crippen molar-refractivity contribution < 1.29 is 24.3 Å². The summed E-state index contributed by atoms with van der Waals surface area (Å²) in [6.07, 6.45) is 3.70. The minimum Gasteiger partial charge on any atom is -0.480 e. The molecule has 0 aliphatic rings. The molecule has 4 rings (SSSR count). The van der Waals surface area contributed by atoms with Crippen LogP contribution in [0.15, 0.2) is 60.9 Å². The fourth-order valence-electron chi connectivity index (χ4n) is 4.29. The van der Waals surface area contributed by atoms with Gasteiger partial charge in [0.05, 0.1) is 12.6 Å². The number of carbonyl (C=O) groups excluding carboxylic acids is 3. The summed E-state index contributed by atoms with van der Waals surface area (Å²) < 4.78 is 0. The summed E-state index contributed by atoms with van der Waals surface area (Å²) in [4.78, 5) is 55.9. The van der Waals surface area contributed by atoms with Gasteiger partial charge in [0.25, 0.3) is 0 Å². The molecule has 3 atom stereocenters. The Hall–Kier alpha value is -4.64. The number of aromatic nitrogens is 2. The van der Waals surface area contributed by atoms with Crippen molar-refractivity contribution in [2.45, 2.75) is 37.9 Å². The van der Waals surface area contributed by atoms with E-state index in [0.29, 0.717) is 0 Å². The van der Waals surface area contributed by atoms with Crippen molar-refractivity contribution >= 4 is 45.5 Å². The summed E-state index contributed by atoms with van der Waals surface area (Å²) in [5.41, 5.74) is 8.97. The van der Waals surface area contributed by atoms with Crippen LogP contribution >= 0.6 is 0 Å². The molecule has 38 heavy (non-hydrogen) atoms. The summed E-state index contributed by atoms with van der Waals surface area (Å²) in [6, 6.07) is 12.0. The largest absolute Gasteiger partial charge is 0.480 e. The van der Waals surface area contributed by atoms with E-state index < -0.39 is 48.4 Å². The summed E-state index contributed by atoms with van der Waals surface area (Å²) in [5, 5.41) is 19.0. The molecule has 0 saturated carbocycles. The predicted octanol–water partition coefficient (Wildman–Crippen LogP) is 0.952. The molecule has 198 valence electrons. The SMILES string of the molecule is CC(N)C(=O)NC(Cc1c[nH]c2ccccc12)C(=O)NCC(=O)NC(Cc1c[nH]c2ccccc12)C(=O)O. The minimum atomic E-state index is -1.20. The molecule has 0 saturated heterocycles. The lowest BCUT2D eigenvalue weighted by molar-refractivity contribution is -0.141. The number of fused-ring (bicyclic) bond motifs is 2. The zero-order valence-electron chi connectivity index (χ0n) is 20.8. The van der Waals surface area contributed by atoms with Gasteiger partial charge in [-0.05, 0) is 30.2 Å². The normalized spacial score (nSPS) is 13.5. The first-order valence-corrected chi connectivity index (χ1v) is 12.2. The Morgan fingerprint density at radius 1 is 0.816 bits per heavy atom. The molecule has 0 aliphatic heterocycles. The number of nitrogens with two attached hydrogens (primary N) is 1. The summed E-state index contributed by atoms with van der Waals surface area (Å²) in [7, 11) is 0. The van der Waals surface area contributed by atoms with Gasteiger partial charge in [-0.2, -0.15) is 0 Å². The maximum Gasteiger partial charge on any atom is 0.326 e. The van der Waals surface area contributed by atoms with Gasteiger partial charge >= 0.3 is 5.97 Å². The second kappa shape index (κ2) is 11.6. The quantitative estimate of drug-likeness (QED) is 0.155. The Bertz CT molecular complexity index is 1470. The highest BCUT2D eigenvalue weighted by molar-refractivity contribution is 5.93. The molecule has 11 heteroatoms. The number of H-pyrrole nitrogens is 2. The van der Waals surface area contributed by atoms with Gasteiger partial charge in [0, 0.05) is 47.0 Å². The number of rotatable bonds is 11. The van der Waals surface area contributed by atoms with Crippen molar-refractivity contribution in [1.82, 2.24) is 25.9 Å². The monoisotopic (exact) mass is 518 g/mol. The van der Waals surface area contributed by atoms with Crippen molar-refractivity contribution in [3.63, 3.8) is 0 Å². The molecule has 2 aromatic carbocycles. The van der Waals surface area contributed by atoms with Crippen LogP contribution in [0.25, 0.3) is 21.8 Å². The average molecular weight is 519 g/mol. The van der Waals surface area contributed by atoms with Gasteiger partial charge in [-0.25, -0.2) is 4.79 Å². The molecule has 3 unspecified atom stereocenters. The van der Waals surface area contributed by atoms with Gasteiger partial charge in [0.15, 0.2) is 0 Å². The Morgan fingerprint density at radius 2 is 1.34 bits per heavy atom. The van der Waals surface area contributed by atoms with Gasteiger partial charge in [-0.1, -0.05) is 36.4 Å². The Balaban J connectivity index is 1.40. The highest BCUT2D eigenvalue weighted by Crippen LogP contribution is 2.20. The number of benzene rings is 2. The molecule has 2 aromatic heterocycles. The van der Waals surface area contributed by atoms with E-state index in [1.807, 2.05) is 48.5 Å². The highest BCUT2D eigenvalue weighted by atomic mass is 16.4. The van der Waals surface area contributed by atoms with Crippen LogP contribution < -0.4 is 21.7 Å². The number of carboxylic acids is 1. The van der Waals surface area contributed by atoms with E-state index in [1.165, 1.54) is 6.92 Å². The maximum atomic E-state index is 13.0. The molecule has 2 heterocycles. The molecule has 4 aromatic rings. The second-order valence-electron chi connectivity index (χ2n) is 9.15. The molecule has 3 amide bonds. The first-order valence-electron chi connectivity index (χ1n) is 12.2. The number of amides is 3. The van der Waals surface area contributed by atoms with Crippen molar-refractivity contribution in [2.75, 3.05) is 6.54 Å². The van der Waals surface area contributed by atoms with Crippen LogP contribution in [0.2, 0.25) is 0 Å². The molecule has 0 aliphatic carbocycles. The van der Waals surface area contributed by atoms with E-state index in [-0.39, 0.29) is 12.8 Å². The van der Waals surface area contributed by atoms with Gasteiger partial charge < -0.3 is 36.8 Å². The van der Waals surface area contributed by atoms with Crippen LogP contribution in [0.1, 0.15) is 18.1 Å². The first kappa shape index (κ1) is 26.4. The summed E-state index contributed by atoms with van der Waals surface area (Å²) >= 11 is 0. The third-order valence-corrected chi connectivity index (χ3v) is 6.30. The van der Waals surface area contributed by atoms with Crippen molar-refractivity contribution in [3.05, 3.63) is 72.1 Å². The molecule has 11 nitrogen and oxygen atoms in total. The number of para-hydroxylation sites is 2. The summed E-state index contributed by atoms with van der Waals surface area (Å²) in [6.45, 7) is 1.04. The Kier molecular flexibility index (Phi) is 8.07. The number of hydrogen-bond donors (Lipinski definition) is 7. The van der Waals surface area contributed by atoms with Gasteiger partial charge in [-0.3, -0.25) is 14.4 Å². The van der Waals surface area contributed by atoms with E-state index in [1.54, 1.807) is 12.4 Å². The third kappa shape index (κ3) is 6.19. The van der Waals surface area contributed by atoms with Crippen LogP contribution in [0.4, 0.5) is 0 Å². The highest BCUT2D eigenvalue weighted by Gasteiger charge is 2.26. The average Bonchev–Trinajstić information content (AvgIpc) is 3.50. The lowest BCUT2D eigenvalue weighted by Crippen LogP contribution is -2.54. The fraction of sp³-hybridized carbons (Fsp3) is 0.259. The molecule has 0 bridgehead atoms. The van der Waals surface area contributed by atoms with Crippen molar-refractivity contribution in [2.24, 2.45) is 5.73 Å². The zero-order valence-corrected chi connectivity index (χ0v) is 20.8. The Morgan fingerprint density at radius 3 is 1.87 bits per heavy atom. The minimum absolute atomic E-state index is 0.0622. The number of nitrogens with one attached hydrogen (secondary N) is 5. The van der Waals surface area contributed by atoms with Crippen LogP contribution in [0, 0.1) is 0 Å². The standard InChI is InChI=1S/C27H30N6O5/c1-15(28)25(35)33-22(10-16-12-29-20-8-4-2-6-18(16)20)26(36)31-14-24(34)32-23(27(37)38)11-17-13-30-21-9-5-3-7-19(17)21/h2-9,12-13,15,22-23,29-30H,10-11,14,28H2,1H3,(H,31,36)(H,32,34)(H,33,35)(H,37,38). The predicted molar refractivity (Wildman–Crippen MR) is 142 cm³/mol. The number of aromatic amines is 2. The first-order chi connectivity index (χ1) is 18.2. The van der Waals surface area contributed by atoms with Crippen molar-refractivity contribution in [3.8, 4) is 0 Å². The fourth-order valence-corrected chi connectivity index (χ4v) is 4.29. The lowest BCUT2D eigenvalue weighted by Gasteiger charge is -2.20. The van der Waals surface area contributed by atoms with E-state index in [9.17, 15) is 24.3 Å². The number of hydrogen-bond acceptors (Lipinski definition) is 5. The molecule has 0 radical (unpaired) electrons. The van der Waals surface area contributed by atoms with E-state index in [0.717, 1.165) is 32.9 Å². The second-order valence-corrected chi connectivity index (χ2v) is 9.15. The zero-order chi connectivity index (χ0) is 27.2. The molecule has 8 N–H and O–H groups in total. The Labute approximate surface area is 218 Å².